The molecule has 2 atom stereocenters. The van der Waals surface area contributed by atoms with Crippen LogP contribution in [-0.4, -0.2) is 79.3 Å². The van der Waals surface area contributed by atoms with Crippen LogP contribution in [0.5, 0.6) is 5.75 Å². The Labute approximate surface area is 199 Å². The Morgan fingerprint density at radius 1 is 1.00 bits per heavy atom. The Hall–Kier alpha value is -1.76. The second-order valence-electron chi connectivity index (χ2n) is 10.1. The molecule has 182 valence electrons. The van der Waals surface area contributed by atoms with Crippen LogP contribution in [0, 0.1) is 5.92 Å². The van der Waals surface area contributed by atoms with Gasteiger partial charge in [0.2, 0.25) is 0 Å². The van der Waals surface area contributed by atoms with Crippen molar-refractivity contribution in [1.29, 1.82) is 0 Å². The molecule has 0 bridgehead atoms. The minimum absolute atomic E-state index is 0.0768. The van der Waals surface area contributed by atoms with Gasteiger partial charge in [-0.05, 0) is 69.8 Å². The van der Waals surface area contributed by atoms with E-state index < -0.39 is 0 Å². The van der Waals surface area contributed by atoms with Gasteiger partial charge in [0.15, 0.2) is 11.6 Å². The van der Waals surface area contributed by atoms with Crippen molar-refractivity contribution in [3.05, 3.63) is 29.8 Å². The number of nitrogens with zero attached hydrogens (tertiary/aromatic N) is 2. The van der Waals surface area contributed by atoms with Gasteiger partial charge >= 0.3 is 0 Å². The summed E-state index contributed by atoms with van der Waals surface area (Å²) in [5.41, 5.74) is 0.690. The van der Waals surface area contributed by atoms with Crippen LogP contribution in [-0.2, 0) is 4.79 Å². The van der Waals surface area contributed by atoms with E-state index in [1.54, 1.807) is 0 Å². The summed E-state index contributed by atoms with van der Waals surface area (Å²) in [5.74, 6) is 1.40. The van der Waals surface area contributed by atoms with E-state index in [1.165, 1.54) is 25.8 Å². The van der Waals surface area contributed by atoms with Crippen molar-refractivity contribution in [2.45, 2.75) is 70.4 Å². The van der Waals surface area contributed by atoms with Gasteiger partial charge in [-0.1, -0.05) is 19.3 Å². The predicted octanol–water partition coefficient (Wildman–Crippen LogP) is 3.55. The fraction of sp³-hybridized carbons (Fsp3) is 0.704. The number of likely N-dealkylation sites (tertiary alicyclic amines) is 1. The Kier molecular flexibility index (Phi) is 8.93. The van der Waals surface area contributed by atoms with Crippen LogP contribution in [0.15, 0.2) is 24.3 Å². The third-order valence-corrected chi connectivity index (χ3v) is 7.76. The molecule has 33 heavy (non-hydrogen) atoms. The summed E-state index contributed by atoms with van der Waals surface area (Å²) in [6, 6.07) is 8.04. The number of nitrogens with one attached hydrogen (secondary N) is 1. The highest BCUT2D eigenvalue weighted by Gasteiger charge is 2.34. The third kappa shape index (κ3) is 6.65. The van der Waals surface area contributed by atoms with E-state index in [4.69, 9.17) is 4.74 Å². The van der Waals surface area contributed by atoms with Crippen LogP contribution < -0.4 is 10.1 Å². The smallest absolute Gasteiger partial charge is 0.176 e. The highest BCUT2D eigenvalue weighted by molar-refractivity contribution is 5.98. The summed E-state index contributed by atoms with van der Waals surface area (Å²) >= 11 is 0. The lowest BCUT2D eigenvalue weighted by molar-refractivity contribution is -0.129. The standard InChI is InChI=1S/C27H41N3O3/c1-21-7-5-15-29(21)16-6-18-33-24-12-10-22(11-13-24)26(31)20-30-17-14-28-19-25(30)27(32)23-8-3-2-4-9-23/h10-13,21,23,25,28H,2-9,14-20H2,1H3. The van der Waals surface area contributed by atoms with Crippen LogP contribution in [0.1, 0.15) is 68.6 Å². The van der Waals surface area contributed by atoms with Crippen molar-refractivity contribution < 1.29 is 14.3 Å². The fourth-order valence-electron chi connectivity index (χ4n) is 5.67. The van der Waals surface area contributed by atoms with Crippen LogP contribution in [0.25, 0.3) is 0 Å². The van der Waals surface area contributed by atoms with Crippen LogP contribution in [0.2, 0.25) is 0 Å². The molecule has 6 nitrogen and oxygen atoms in total. The zero-order valence-electron chi connectivity index (χ0n) is 20.3. The summed E-state index contributed by atoms with van der Waals surface area (Å²) in [5, 5.41) is 3.36. The fourth-order valence-corrected chi connectivity index (χ4v) is 5.67. The quantitative estimate of drug-likeness (QED) is 0.430. The van der Waals surface area contributed by atoms with Gasteiger partial charge in [0.05, 0.1) is 19.2 Å². The molecule has 1 aliphatic carbocycles. The SMILES string of the molecule is CC1CCCN1CCCOc1ccc(C(=O)CN2CCNCC2C(=O)C2CCCCC2)cc1. The number of benzene rings is 1. The number of rotatable bonds is 10. The lowest BCUT2D eigenvalue weighted by Gasteiger charge is -2.37. The molecule has 2 saturated heterocycles. The van der Waals surface area contributed by atoms with E-state index in [2.05, 4.69) is 22.0 Å². The Bertz CT molecular complexity index is 775. The highest BCUT2D eigenvalue weighted by atomic mass is 16.5. The Morgan fingerprint density at radius 2 is 1.79 bits per heavy atom. The number of ether oxygens (including phenoxy) is 1. The first-order valence-electron chi connectivity index (χ1n) is 13.1. The first-order valence-corrected chi connectivity index (χ1v) is 13.1. The van der Waals surface area contributed by atoms with Crippen molar-refractivity contribution in [2.75, 3.05) is 45.9 Å². The zero-order valence-corrected chi connectivity index (χ0v) is 20.3. The van der Waals surface area contributed by atoms with E-state index in [9.17, 15) is 9.59 Å². The average Bonchev–Trinajstić information content (AvgIpc) is 3.27. The summed E-state index contributed by atoms with van der Waals surface area (Å²) in [7, 11) is 0. The predicted molar refractivity (Wildman–Crippen MR) is 131 cm³/mol. The lowest BCUT2D eigenvalue weighted by atomic mass is 9.83. The number of ketones is 2. The molecule has 1 aromatic carbocycles. The zero-order chi connectivity index (χ0) is 23.0. The summed E-state index contributed by atoms with van der Waals surface area (Å²) in [6.45, 7) is 7.82. The molecule has 3 aliphatic rings. The van der Waals surface area contributed by atoms with Gasteiger partial charge in [-0.15, -0.1) is 0 Å². The van der Waals surface area contributed by atoms with Crippen LogP contribution in [0.4, 0.5) is 0 Å². The molecule has 0 aromatic heterocycles. The first-order chi connectivity index (χ1) is 16.1. The molecule has 4 rings (SSSR count). The van der Waals surface area contributed by atoms with Gasteiger partial charge in [0.1, 0.15) is 5.75 Å². The largest absolute Gasteiger partial charge is 0.494 e. The van der Waals surface area contributed by atoms with Crippen molar-refractivity contribution in [2.24, 2.45) is 5.92 Å². The van der Waals surface area contributed by atoms with Crippen molar-refractivity contribution in [3.63, 3.8) is 0 Å². The number of hydrogen-bond acceptors (Lipinski definition) is 6. The maximum atomic E-state index is 13.1. The van der Waals surface area contributed by atoms with E-state index >= 15 is 0 Å². The Morgan fingerprint density at radius 3 is 2.52 bits per heavy atom. The lowest BCUT2D eigenvalue weighted by Crippen LogP contribution is -2.57. The van der Waals surface area contributed by atoms with Gasteiger partial charge in [0, 0.05) is 43.7 Å². The normalized spacial score (nSPS) is 25.2. The van der Waals surface area contributed by atoms with E-state index in [0.29, 0.717) is 37.1 Å². The van der Waals surface area contributed by atoms with Crippen LogP contribution in [0.3, 0.4) is 0 Å². The Balaban J connectivity index is 1.25. The molecule has 2 heterocycles. The molecule has 1 N–H and O–H groups in total. The number of carbonyl (C=O) groups is 2. The molecule has 2 aliphatic heterocycles. The molecule has 0 spiro atoms. The number of hydrogen-bond donors (Lipinski definition) is 1. The summed E-state index contributed by atoms with van der Waals surface area (Å²) < 4.78 is 5.90. The van der Waals surface area contributed by atoms with Gasteiger partial charge in [-0.3, -0.25) is 14.5 Å². The second-order valence-corrected chi connectivity index (χ2v) is 10.1. The van der Waals surface area contributed by atoms with E-state index in [0.717, 1.165) is 57.5 Å². The molecule has 2 unspecified atom stereocenters. The van der Waals surface area contributed by atoms with E-state index in [-0.39, 0.29) is 17.7 Å². The summed E-state index contributed by atoms with van der Waals surface area (Å²) in [6.07, 6.45) is 9.20. The molecule has 0 amide bonds. The summed E-state index contributed by atoms with van der Waals surface area (Å²) in [4.78, 5) is 30.8. The van der Waals surface area contributed by atoms with Crippen molar-refractivity contribution in [1.82, 2.24) is 15.1 Å². The topological polar surface area (TPSA) is 61.9 Å². The minimum Gasteiger partial charge on any atom is -0.494 e. The van der Waals surface area contributed by atoms with Crippen molar-refractivity contribution in [3.8, 4) is 5.75 Å². The molecule has 1 saturated carbocycles. The maximum absolute atomic E-state index is 13.1. The third-order valence-electron chi connectivity index (χ3n) is 7.76. The molecule has 3 fully saturated rings. The average molecular weight is 456 g/mol. The van der Waals surface area contributed by atoms with Crippen LogP contribution >= 0.6 is 0 Å². The molecule has 1 aromatic rings. The number of Topliss-reactive ketones (excluding diaryl/α,β-unsaturated/α-hetero) is 2. The van der Waals surface area contributed by atoms with Gasteiger partial charge in [-0.25, -0.2) is 0 Å². The molecular formula is C27H41N3O3. The highest BCUT2D eigenvalue weighted by Crippen LogP contribution is 2.27. The minimum atomic E-state index is -0.174. The number of piperazine rings is 1. The monoisotopic (exact) mass is 455 g/mol. The first kappa shape index (κ1) is 24.4. The van der Waals surface area contributed by atoms with Gasteiger partial charge < -0.3 is 15.0 Å². The van der Waals surface area contributed by atoms with Gasteiger partial charge in [0.25, 0.3) is 0 Å². The molecule has 0 radical (unpaired) electrons. The van der Waals surface area contributed by atoms with Gasteiger partial charge in [-0.2, -0.15) is 0 Å². The maximum Gasteiger partial charge on any atom is 0.176 e. The van der Waals surface area contributed by atoms with E-state index in [1.807, 2.05) is 24.3 Å². The van der Waals surface area contributed by atoms with Crippen molar-refractivity contribution >= 4 is 11.6 Å². The number of carbonyl (C=O) groups excluding carboxylic acids is 2. The second kappa shape index (κ2) is 12.1. The molecule has 6 heteroatoms. The molecular weight excluding hydrogens is 414 g/mol.